The molecule has 0 bridgehead atoms. The highest BCUT2D eigenvalue weighted by molar-refractivity contribution is 9.10. The van der Waals surface area contributed by atoms with Gasteiger partial charge >= 0.3 is 0 Å². The Morgan fingerprint density at radius 3 is 2.76 bits per heavy atom. The van der Waals surface area contributed by atoms with Gasteiger partial charge in [0, 0.05) is 16.3 Å². The van der Waals surface area contributed by atoms with Gasteiger partial charge in [0.15, 0.2) is 5.16 Å². The van der Waals surface area contributed by atoms with Crippen LogP contribution in [0.25, 0.3) is 22.4 Å². The summed E-state index contributed by atoms with van der Waals surface area (Å²) < 4.78 is 14.3. The van der Waals surface area contributed by atoms with Crippen molar-refractivity contribution >= 4 is 38.6 Å². The van der Waals surface area contributed by atoms with Crippen LogP contribution in [0.5, 0.6) is 5.75 Å². The lowest BCUT2D eigenvalue weighted by atomic mass is 10.2. The minimum Gasteiger partial charge on any atom is -0.496 e. The van der Waals surface area contributed by atoms with Crippen LogP contribution in [0.1, 0.15) is 43.2 Å². The average molecular weight is 526 g/mol. The van der Waals surface area contributed by atoms with Crippen molar-refractivity contribution in [3.63, 3.8) is 0 Å². The first-order chi connectivity index (χ1) is 16.0. The van der Waals surface area contributed by atoms with E-state index in [2.05, 4.69) is 15.9 Å². The number of rotatable bonds is 6. The van der Waals surface area contributed by atoms with E-state index in [0.717, 1.165) is 57.8 Å². The molecular weight excluding hydrogens is 502 g/mol. The van der Waals surface area contributed by atoms with E-state index in [0.29, 0.717) is 22.8 Å². The molecule has 2 heterocycles. The molecule has 0 saturated heterocycles. The zero-order chi connectivity index (χ0) is 22.9. The van der Waals surface area contributed by atoms with Gasteiger partial charge in [0.1, 0.15) is 11.5 Å². The Bertz CT molecular complexity index is 1380. The fourth-order valence-corrected chi connectivity index (χ4v) is 5.80. The number of para-hydroxylation sites is 1. The minimum absolute atomic E-state index is 0.0476. The molecule has 0 aliphatic heterocycles. The first-order valence-electron chi connectivity index (χ1n) is 11.0. The van der Waals surface area contributed by atoms with Crippen molar-refractivity contribution < 1.29 is 9.15 Å². The lowest BCUT2D eigenvalue weighted by Gasteiger charge is -2.18. The molecule has 0 N–H and O–H groups in total. The normalized spacial score (nSPS) is 14.3. The summed E-state index contributed by atoms with van der Waals surface area (Å²) in [4.78, 5) is 23.0. The van der Waals surface area contributed by atoms with Crippen LogP contribution in [0.4, 0.5) is 0 Å². The lowest BCUT2D eigenvalue weighted by molar-refractivity contribution is 0.414. The van der Waals surface area contributed by atoms with Crippen molar-refractivity contribution in [2.24, 2.45) is 0 Å². The number of hydrogen-bond acceptors (Lipinski definition) is 6. The van der Waals surface area contributed by atoms with Crippen molar-refractivity contribution in [1.29, 1.82) is 0 Å². The topological polar surface area (TPSA) is 70.2 Å². The third-order valence-corrected chi connectivity index (χ3v) is 7.55. The molecule has 6 nitrogen and oxygen atoms in total. The van der Waals surface area contributed by atoms with Gasteiger partial charge < -0.3 is 9.15 Å². The fourth-order valence-electron chi connectivity index (χ4n) is 4.37. The standard InChI is InChI=1S/C25H24BrN3O3S/c1-15-21(27-23(32-15)19-13-16(26)11-12-22(19)31-2)14-33-25-28-20-10-6-5-9-18(20)24(30)29(25)17-7-3-4-8-17/h5-6,9-13,17H,3-4,7-8,14H2,1-2H3. The van der Waals surface area contributed by atoms with Gasteiger partial charge in [-0.15, -0.1) is 0 Å². The van der Waals surface area contributed by atoms with Crippen LogP contribution in [0, 0.1) is 6.92 Å². The molecule has 0 spiro atoms. The highest BCUT2D eigenvalue weighted by Gasteiger charge is 2.24. The number of benzene rings is 2. The highest BCUT2D eigenvalue weighted by atomic mass is 79.9. The molecule has 33 heavy (non-hydrogen) atoms. The number of aryl methyl sites for hydroxylation is 1. The maximum absolute atomic E-state index is 13.4. The maximum Gasteiger partial charge on any atom is 0.262 e. The van der Waals surface area contributed by atoms with Gasteiger partial charge in [-0.1, -0.05) is 52.7 Å². The molecule has 0 atom stereocenters. The summed E-state index contributed by atoms with van der Waals surface area (Å²) in [6.07, 6.45) is 4.33. The molecule has 2 aromatic heterocycles. The van der Waals surface area contributed by atoms with E-state index in [1.54, 1.807) is 18.9 Å². The molecule has 1 aliphatic rings. The van der Waals surface area contributed by atoms with Crippen LogP contribution < -0.4 is 10.3 Å². The van der Waals surface area contributed by atoms with Crippen LogP contribution in [0.3, 0.4) is 0 Å². The lowest BCUT2D eigenvalue weighted by Crippen LogP contribution is -2.26. The number of ether oxygens (including phenoxy) is 1. The van der Waals surface area contributed by atoms with Crippen LogP contribution in [0.2, 0.25) is 0 Å². The zero-order valence-electron chi connectivity index (χ0n) is 18.5. The van der Waals surface area contributed by atoms with Crippen molar-refractivity contribution in [3.8, 4) is 17.2 Å². The highest BCUT2D eigenvalue weighted by Crippen LogP contribution is 2.36. The molecule has 0 amide bonds. The van der Waals surface area contributed by atoms with Crippen molar-refractivity contribution in [1.82, 2.24) is 14.5 Å². The van der Waals surface area contributed by atoms with Gasteiger partial charge in [-0.25, -0.2) is 9.97 Å². The summed E-state index contributed by atoms with van der Waals surface area (Å²) in [7, 11) is 1.63. The molecule has 5 rings (SSSR count). The van der Waals surface area contributed by atoms with Gasteiger partial charge in [-0.05, 0) is 50.1 Å². The van der Waals surface area contributed by atoms with Crippen LogP contribution in [-0.2, 0) is 5.75 Å². The molecule has 2 aromatic carbocycles. The third kappa shape index (κ3) is 4.34. The molecule has 4 aromatic rings. The number of fused-ring (bicyclic) bond motifs is 1. The zero-order valence-corrected chi connectivity index (χ0v) is 20.9. The monoisotopic (exact) mass is 525 g/mol. The Morgan fingerprint density at radius 2 is 1.97 bits per heavy atom. The quantitative estimate of drug-likeness (QED) is 0.210. The Hall–Kier alpha value is -2.58. The summed E-state index contributed by atoms with van der Waals surface area (Å²) in [6, 6.07) is 13.5. The second-order valence-corrected chi connectivity index (χ2v) is 10.0. The van der Waals surface area contributed by atoms with E-state index in [1.165, 1.54) is 0 Å². The number of nitrogens with zero attached hydrogens (tertiary/aromatic N) is 3. The number of oxazole rings is 1. The average Bonchev–Trinajstić information content (AvgIpc) is 3.47. The molecule has 170 valence electrons. The summed E-state index contributed by atoms with van der Waals surface area (Å²) in [5, 5.41) is 1.42. The van der Waals surface area contributed by atoms with Crippen LogP contribution >= 0.6 is 27.7 Å². The van der Waals surface area contributed by atoms with E-state index in [-0.39, 0.29) is 11.6 Å². The van der Waals surface area contributed by atoms with Crippen LogP contribution in [0.15, 0.2) is 61.3 Å². The van der Waals surface area contributed by atoms with Gasteiger partial charge in [0.05, 0.1) is 29.3 Å². The van der Waals surface area contributed by atoms with Gasteiger partial charge in [-0.2, -0.15) is 0 Å². The number of halogens is 1. The van der Waals surface area contributed by atoms with E-state index in [9.17, 15) is 4.79 Å². The second kappa shape index (κ2) is 9.35. The first-order valence-corrected chi connectivity index (χ1v) is 12.8. The number of hydrogen-bond donors (Lipinski definition) is 0. The first kappa shape index (κ1) is 22.2. The summed E-state index contributed by atoms with van der Waals surface area (Å²) >= 11 is 5.05. The van der Waals surface area contributed by atoms with Crippen molar-refractivity contribution in [3.05, 3.63) is 68.7 Å². The Kier molecular flexibility index (Phi) is 6.29. The van der Waals surface area contributed by atoms with E-state index in [4.69, 9.17) is 19.1 Å². The second-order valence-electron chi connectivity index (χ2n) is 8.18. The van der Waals surface area contributed by atoms with Gasteiger partial charge in [0.2, 0.25) is 5.89 Å². The Labute approximate surface area is 204 Å². The number of methoxy groups -OCH3 is 1. The van der Waals surface area contributed by atoms with Crippen LogP contribution in [-0.4, -0.2) is 21.6 Å². The predicted octanol–water partition coefficient (Wildman–Crippen LogP) is 6.54. The SMILES string of the molecule is COc1ccc(Br)cc1-c1nc(CSc2nc3ccccc3c(=O)n2C2CCCC2)c(C)o1. The largest absolute Gasteiger partial charge is 0.496 e. The molecule has 0 radical (unpaired) electrons. The summed E-state index contributed by atoms with van der Waals surface area (Å²) in [6.45, 7) is 1.91. The maximum atomic E-state index is 13.4. The molecule has 8 heteroatoms. The van der Waals surface area contributed by atoms with Crippen molar-refractivity contribution in [2.45, 2.75) is 49.6 Å². The van der Waals surface area contributed by atoms with E-state index >= 15 is 0 Å². The van der Waals surface area contributed by atoms with E-state index < -0.39 is 0 Å². The minimum atomic E-state index is 0.0476. The molecule has 1 fully saturated rings. The Balaban J connectivity index is 1.49. The smallest absolute Gasteiger partial charge is 0.262 e. The van der Waals surface area contributed by atoms with Gasteiger partial charge in [0.25, 0.3) is 5.56 Å². The molecule has 1 saturated carbocycles. The number of aromatic nitrogens is 3. The van der Waals surface area contributed by atoms with Crippen molar-refractivity contribution in [2.75, 3.05) is 7.11 Å². The van der Waals surface area contributed by atoms with Gasteiger partial charge in [-0.3, -0.25) is 9.36 Å². The third-order valence-electron chi connectivity index (χ3n) is 6.09. The number of thioether (sulfide) groups is 1. The molecule has 0 unspecified atom stereocenters. The van der Waals surface area contributed by atoms with E-state index in [1.807, 2.05) is 54.0 Å². The predicted molar refractivity (Wildman–Crippen MR) is 134 cm³/mol. The molecular formula is C25H24BrN3O3S. The fraction of sp³-hybridized carbons (Fsp3) is 0.320. The summed E-state index contributed by atoms with van der Waals surface area (Å²) in [5.74, 6) is 2.52. The Morgan fingerprint density at radius 1 is 1.18 bits per heavy atom. The molecule has 1 aliphatic carbocycles. The summed E-state index contributed by atoms with van der Waals surface area (Å²) in [5.41, 5.74) is 2.40.